The third-order valence-corrected chi connectivity index (χ3v) is 7.95. The van der Waals surface area contributed by atoms with Gasteiger partial charge in [-0.2, -0.15) is 0 Å². The predicted octanol–water partition coefficient (Wildman–Crippen LogP) is 3.83. The molecule has 1 N–H and O–H groups in total. The normalized spacial score (nSPS) is 37.2. The van der Waals surface area contributed by atoms with Crippen molar-refractivity contribution in [2.24, 2.45) is 0 Å². The van der Waals surface area contributed by atoms with Gasteiger partial charge in [-0.25, -0.2) is 32.2 Å². The topological polar surface area (TPSA) is 50.3 Å². The van der Waals surface area contributed by atoms with Crippen LogP contribution < -0.4 is 0 Å². The van der Waals surface area contributed by atoms with Gasteiger partial charge in [0.05, 0.1) is 0 Å². The van der Waals surface area contributed by atoms with Crippen LogP contribution in [0.25, 0.3) is 0 Å². The highest BCUT2D eigenvalue weighted by Crippen LogP contribution is 2.52. The fourth-order valence-electron chi connectivity index (χ4n) is 6.88. The highest BCUT2D eigenvalue weighted by Gasteiger charge is 2.73. The Morgan fingerprint density at radius 1 is 0.750 bits per heavy atom. The molecule has 4 heterocycles. The van der Waals surface area contributed by atoms with E-state index in [2.05, 4.69) is 0 Å². The zero-order valence-corrected chi connectivity index (χ0v) is 18.9. The second kappa shape index (κ2) is 9.35. The Kier molecular flexibility index (Phi) is 7.06. The number of carbonyl (C=O) groups is 1. The predicted molar refractivity (Wildman–Crippen MR) is 111 cm³/mol. The van der Waals surface area contributed by atoms with Crippen LogP contribution in [0.4, 0.5) is 17.6 Å². The number of rotatable bonds is 8. The van der Waals surface area contributed by atoms with Crippen LogP contribution >= 0.6 is 0 Å². The number of nitrogens with zero attached hydrogens (tertiary/aromatic N) is 4. The monoisotopic (exact) mass is 464 g/mol. The highest BCUT2D eigenvalue weighted by molar-refractivity contribution is 5.81. The van der Waals surface area contributed by atoms with E-state index in [4.69, 9.17) is 0 Å². The number of hydrogen-bond acceptors (Lipinski definition) is 5. The molecule has 10 heteroatoms. The van der Waals surface area contributed by atoms with Gasteiger partial charge in [-0.1, -0.05) is 13.3 Å². The quantitative estimate of drug-likeness (QED) is 0.435. The molecule has 0 radical (unpaired) electrons. The van der Waals surface area contributed by atoms with Crippen LogP contribution in [-0.4, -0.2) is 93.4 Å². The summed E-state index contributed by atoms with van der Waals surface area (Å²) < 4.78 is 61.9. The summed E-state index contributed by atoms with van der Waals surface area (Å²) in [4.78, 5) is 18.7. The van der Waals surface area contributed by atoms with Crippen LogP contribution in [-0.2, 0) is 4.79 Å². The number of alkyl halides is 4. The first-order valence-corrected chi connectivity index (χ1v) is 12.2. The Morgan fingerprint density at radius 2 is 1.09 bits per heavy atom. The summed E-state index contributed by atoms with van der Waals surface area (Å²) in [6.45, 7) is 2.52. The summed E-state index contributed by atoms with van der Waals surface area (Å²) in [5.41, 5.74) is -3.97. The summed E-state index contributed by atoms with van der Waals surface area (Å²) in [5, 5.41) is 10.9. The fraction of sp³-hybridized carbons (Fsp3) is 0.955. The van der Waals surface area contributed by atoms with E-state index >= 15 is 17.6 Å². The molecule has 184 valence electrons. The minimum atomic E-state index is -2.24. The summed E-state index contributed by atoms with van der Waals surface area (Å²) in [5.74, 6) is -1.42. The molecule has 0 spiro atoms. The van der Waals surface area contributed by atoms with E-state index in [-0.39, 0.29) is 58.3 Å². The van der Waals surface area contributed by atoms with Crippen LogP contribution in [0, 0.1) is 0 Å². The SMILES string of the molecule is CCCC(N1CCCC1F)(N1CCCC1F)C(C(=O)O)(N1CCCC1F)N1CCCC1F. The van der Waals surface area contributed by atoms with Crippen LogP contribution in [0.2, 0.25) is 0 Å². The molecule has 4 aliphatic rings. The lowest BCUT2D eigenvalue weighted by Crippen LogP contribution is -2.86. The molecule has 4 rings (SSSR count). The van der Waals surface area contributed by atoms with Crippen molar-refractivity contribution >= 4 is 5.97 Å². The van der Waals surface area contributed by atoms with Crippen molar-refractivity contribution in [2.45, 2.75) is 108 Å². The number of hydrogen-bond donors (Lipinski definition) is 1. The van der Waals surface area contributed by atoms with E-state index in [0.29, 0.717) is 32.1 Å². The van der Waals surface area contributed by atoms with Crippen molar-refractivity contribution in [1.82, 2.24) is 19.6 Å². The molecule has 0 amide bonds. The van der Waals surface area contributed by atoms with Crippen LogP contribution in [0.1, 0.15) is 71.1 Å². The molecule has 0 aromatic carbocycles. The number of carboxylic acids is 1. The maximum absolute atomic E-state index is 15.5. The first-order valence-electron chi connectivity index (χ1n) is 12.2. The first kappa shape index (κ1) is 24.2. The molecule has 0 aromatic rings. The maximum atomic E-state index is 15.5. The number of halogens is 4. The fourth-order valence-corrected chi connectivity index (χ4v) is 6.88. The van der Waals surface area contributed by atoms with Crippen molar-refractivity contribution < 1.29 is 27.5 Å². The summed E-state index contributed by atoms with van der Waals surface area (Å²) >= 11 is 0. The van der Waals surface area contributed by atoms with E-state index in [1.807, 2.05) is 6.92 Å². The molecule has 4 unspecified atom stereocenters. The van der Waals surface area contributed by atoms with Crippen molar-refractivity contribution in [3.63, 3.8) is 0 Å². The van der Waals surface area contributed by atoms with Crippen molar-refractivity contribution in [3.05, 3.63) is 0 Å². The molecule has 0 saturated carbocycles. The lowest BCUT2D eigenvalue weighted by Gasteiger charge is -2.63. The molecule has 4 atom stereocenters. The Balaban J connectivity index is 2.02. The standard InChI is InChI=1S/C22H36F4N4O2/c1-2-11-21(27-12-3-7-16(27)23,28-13-4-8-17(28)24)22(20(31)32,29-14-5-9-18(29)25)30-15-6-10-19(30)26/h16-19H,2-15H2,1H3,(H,31,32). The smallest absolute Gasteiger partial charge is 0.343 e. The van der Waals surface area contributed by atoms with Gasteiger partial charge in [-0.15, -0.1) is 0 Å². The van der Waals surface area contributed by atoms with Gasteiger partial charge < -0.3 is 5.11 Å². The van der Waals surface area contributed by atoms with Gasteiger partial charge in [0.2, 0.25) is 5.66 Å². The number of carboxylic acid groups (broad SMARTS) is 1. The molecule has 4 fully saturated rings. The van der Waals surface area contributed by atoms with Crippen LogP contribution in [0.5, 0.6) is 0 Å². The minimum Gasteiger partial charge on any atom is -0.479 e. The van der Waals surface area contributed by atoms with Gasteiger partial charge in [0.15, 0.2) is 25.2 Å². The van der Waals surface area contributed by atoms with Crippen LogP contribution in [0.3, 0.4) is 0 Å². The summed E-state index contributed by atoms with van der Waals surface area (Å²) in [7, 11) is 0. The zero-order chi connectivity index (χ0) is 23.1. The third-order valence-electron chi connectivity index (χ3n) is 7.95. The van der Waals surface area contributed by atoms with Crippen molar-refractivity contribution in [2.75, 3.05) is 26.2 Å². The summed E-state index contributed by atoms with van der Waals surface area (Å²) in [6.07, 6.45) is -3.21. The number of likely N-dealkylation sites (tertiary alicyclic amines) is 4. The molecule has 0 aliphatic carbocycles. The van der Waals surface area contributed by atoms with Crippen molar-refractivity contribution in [1.29, 1.82) is 0 Å². The molecular weight excluding hydrogens is 428 g/mol. The molecule has 0 aromatic heterocycles. The summed E-state index contributed by atoms with van der Waals surface area (Å²) in [6, 6.07) is 0. The zero-order valence-electron chi connectivity index (χ0n) is 18.9. The van der Waals surface area contributed by atoms with E-state index in [0.717, 1.165) is 0 Å². The maximum Gasteiger partial charge on any atom is 0.343 e. The Labute approximate surface area is 187 Å². The lowest BCUT2D eigenvalue weighted by atomic mass is 9.81. The largest absolute Gasteiger partial charge is 0.479 e. The Morgan fingerprint density at radius 3 is 1.34 bits per heavy atom. The lowest BCUT2D eigenvalue weighted by molar-refractivity contribution is -0.273. The Bertz CT molecular complexity index is 646. The molecule has 6 nitrogen and oxygen atoms in total. The van der Waals surface area contributed by atoms with Crippen molar-refractivity contribution in [3.8, 4) is 0 Å². The van der Waals surface area contributed by atoms with E-state index in [1.165, 1.54) is 19.6 Å². The molecular formula is C22H36F4N4O2. The first-order chi connectivity index (χ1) is 15.3. The van der Waals surface area contributed by atoms with Gasteiger partial charge in [0.1, 0.15) is 5.66 Å². The highest BCUT2D eigenvalue weighted by atomic mass is 19.2. The molecule has 32 heavy (non-hydrogen) atoms. The van der Waals surface area contributed by atoms with E-state index in [9.17, 15) is 9.90 Å². The van der Waals surface area contributed by atoms with E-state index in [1.54, 1.807) is 0 Å². The molecule has 0 bridgehead atoms. The average Bonchev–Trinajstić information content (AvgIpc) is 3.53. The Hall–Kier alpha value is -0.970. The minimum absolute atomic E-state index is 0.104. The second-order valence-electron chi connectivity index (χ2n) is 9.62. The number of aliphatic carboxylic acids is 1. The van der Waals surface area contributed by atoms with Gasteiger partial charge >= 0.3 is 5.97 Å². The molecule has 4 aliphatic heterocycles. The second-order valence-corrected chi connectivity index (χ2v) is 9.62. The third kappa shape index (κ3) is 3.39. The van der Waals surface area contributed by atoms with Crippen LogP contribution in [0.15, 0.2) is 0 Å². The average molecular weight is 465 g/mol. The van der Waals surface area contributed by atoms with E-state index < -0.39 is 42.5 Å². The van der Waals surface area contributed by atoms with Gasteiger partial charge in [0, 0.05) is 26.2 Å². The van der Waals surface area contributed by atoms with Gasteiger partial charge in [-0.3, -0.25) is 9.80 Å². The van der Waals surface area contributed by atoms with Gasteiger partial charge in [0.25, 0.3) is 0 Å². The van der Waals surface area contributed by atoms with Gasteiger partial charge in [-0.05, 0) is 57.8 Å². The molecule has 4 saturated heterocycles.